The third-order valence-electron chi connectivity index (χ3n) is 3.93. The first kappa shape index (κ1) is 7.60. The summed E-state index contributed by atoms with van der Waals surface area (Å²) in [5, 5.41) is 9.81. The molecule has 0 aromatic carbocycles. The van der Waals surface area contributed by atoms with Crippen molar-refractivity contribution < 1.29 is 5.11 Å². The van der Waals surface area contributed by atoms with E-state index in [2.05, 4.69) is 13.8 Å². The van der Waals surface area contributed by atoms with Gasteiger partial charge in [-0.15, -0.1) is 0 Å². The Hall–Kier alpha value is -0.0400. The van der Waals surface area contributed by atoms with Crippen LogP contribution in [0.2, 0.25) is 0 Å². The van der Waals surface area contributed by atoms with Crippen molar-refractivity contribution in [3.05, 3.63) is 5.92 Å². The van der Waals surface area contributed by atoms with Gasteiger partial charge in [0.2, 0.25) is 0 Å². The van der Waals surface area contributed by atoms with Crippen LogP contribution in [-0.2, 0) is 0 Å². The monoisotopic (exact) mass is 153 g/mol. The Balaban J connectivity index is 2.23. The fourth-order valence-corrected chi connectivity index (χ4v) is 2.71. The number of hydrogen-bond donors (Lipinski definition) is 1. The van der Waals surface area contributed by atoms with Crippen molar-refractivity contribution in [1.29, 1.82) is 0 Å². The third-order valence-corrected chi connectivity index (χ3v) is 3.93. The highest BCUT2D eigenvalue weighted by Gasteiger charge is 2.48. The summed E-state index contributed by atoms with van der Waals surface area (Å²) in [6, 6.07) is 0. The van der Waals surface area contributed by atoms with Crippen molar-refractivity contribution >= 4 is 0 Å². The lowest BCUT2D eigenvalue weighted by atomic mass is 9.55. The van der Waals surface area contributed by atoms with E-state index in [4.69, 9.17) is 0 Å². The molecule has 0 saturated heterocycles. The number of aliphatic hydroxyl groups is 1. The predicted octanol–water partition coefficient (Wildman–Crippen LogP) is 2.15. The lowest BCUT2D eigenvalue weighted by Crippen LogP contribution is -2.47. The summed E-state index contributed by atoms with van der Waals surface area (Å²) in [5.74, 6) is 2.33. The molecule has 0 amide bonds. The maximum absolute atomic E-state index is 9.81. The zero-order chi connectivity index (χ0) is 8.06. The van der Waals surface area contributed by atoms with Crippen LogP contribution in [0.5, 0.6) is 0 Å². The van der Waals surface area contributed by atoms with E-state index >= 15 is 0 Å². The number of fused-ring (bicyclic) bond motifs is 3. The largest absolute Gasteiger partial charge is 0.393 e. The van der Waals surface area contributed by atoms with Gasteiger partial charge in [-0.25, -0.2) is 0 Å². The maximum atomic E-state index is 9.81. The molecule has 1 nitrogen and oxygen atoms in total. The van der Waals surface area contributed by atoms with Crippen molar-refractivity contribution in [2.45, 2.75) is 45.6 Å². The topological polar surface area (TPSA) is 20.2 Å². The molecule has 3 rings (SSSR count). The summed E-state index contributed by atoms with van der Waals surface area (Å²) in [5.41, 5.74) is 0.175. The molecule has 0 aliphatic heterocycles. The minimum Gasteiger partial charge on any atom is -0.393 e. The molecule has 11 heavy (non-hydrogen) atoms. The van der Waals surface area contributed by atoms with E-state index in [1.54, 1.807) is 0 Å². The molecule has 0 heterocycles. The molecular weight excluding hydrogens is 136 g/mol. The second-order valence-electron chi connectivity index (χ2n) is 4.56. The standard InChI is InChI=1S/C10H17O/c1-7-5-8-3-4-10(7,2)9(11)6-8/h8-9,11H,3-6H2,1-2H3. The normalized spacial score (nSPS) is 51.5. The molecule has 3 atom stereocenters. The molecule has 1 N–H and O–H groups in total. The van der Waals surface area contributed by atoms with E-state index in [-0.39, 0.29) is 11.5 Å². The highest BCUT2D eigenvalue weighted by Crippen LogP contribution is 2.54. The predicted molar refractivity (Wildman–Crippen MR) is 45.0 cm³/mol. The zero-order valence-electron chi connectivity index (χ0n) is 7.43. The van der Waals surface area contributed by atoms with Crippen molar-refractivity contribution in [2.24, 2.45) is 11.3 Å². The van der Waals surface area contributed by atoms with E-state index in [1.807, 2.05) is 0 Å². The van der Waals surface area contributed by atoms with Gasteiger partial charge in [0.25, 0.3) is 0 Å². The van der Waals surface area contributed by atoms with Crippen LogP contribution in [0.3, 0.4) is 0 Å². The molecule has 1 heteroatoms. The summed E-state index contributed by atoms with van der Waals surface area (Å²) < 4.78 is 0. The zero-order valence-corrected chi connectivity index (χ0v) is 7.43. The van der Waals surface area contributed by atoms with Crippen molar-refractivity contribution in [1.82, 2.24) is 0 Å². The molecule has 0 spiro atoms. The highest BCUT2D eigenvalue weighted by molar-refractivity contribution is 5.13. The van der Waals surface area contributed by atoms with Gasteiger partial charge in [-0.1, -0.05) is 13.8 Å². The fraction of sp³-hybridized carbons (Fsp3) is 0.900. The first-order valence-electron chi connectivity index (χ1n) is 4.64. The Morgan fingerprint density at radius 3 is 2.73 bits per heavy atom. The van der Waals surface area contributed by atoms with Gasteiger partial charge in [-0.05, 0) is 42.9 Å². The van der Waals surface area contributed by atoms with Crippen molar-refractivity contribution in [3.8, 4) is 0 Å². The summed E-state index contributed by atoms with van der Waals surface area (Å²) in [6.07, 6.45) is 4.83. The van der Waals surface area contributed by atoms with Gasteiger partial charge in [0.1, 0.15) is 0 Å². The molecule has 2 bridgehead atoms. The van der Waals surface area contributed by atoms with Crippen molar-refractivity contribution in [3.63, 3.8) is 0 Å². The lowest BCUT2D eigenvalue weighted by molar-refractivity contribution is -0.0444. The van der Waals surface area contributed by atoms with E-state index < -0.39 is 0 Å². The molecule has 63 valence electrons. The Morgan fingerprint density at radius 2 is 2.27 bits per heavy atom. The number of hydrogen-bond acceptors (Lipinski definition) is 1. The van der Waals surface area contributed by atoms with Gasteiger partial charge in [-0.3, -0.25) is 0 Å². The minimum absolute atomic E-state index is 0.0463. The van der Waals surface area contributed by atoms with E-state index in [0.717, 1.165) is 12.3 Å². The number of aliphatic hydroxyl groups excluding tert-OH is 1. The Kier molecular flexibility index (Phi) is 1.54. The molecule has 3 saturated carbocycles. The van der Waals surface area contributed by atoms with Crippen LogP contribution in [0, 0.1) is 17.3 Å². The second kappa shape index (κ2) is 2.22. The molecule has 3 aliphatic carbocycles. The van der Waals surface area contributed by atoms with Crippen LogP contribution < -0.4 is 0 Å². The van der Waals surface area contributed by atoms with Crippen LogP contribution >= 0.6 is 0 Å². The quantitative estimate of drug-likeness (QED) is 0.565. The minimum atomic E-state index is -0.0463. The van der Waals surface area contributed by atoms with Gasteiger partial charge in [-0.2, -0.15) is 0 Å². The van der Waals surface area contributed by atoms with E-state index in [0.29, 0.717) is 0 Å². The molecule has 0 aromatic heterocycles. The van der Waals surface area contributed by atoms with Crippen molar-refractivity contribution in [2.75, 3.05) is 0 Å². The van der Waals surface area contributed by atoms with Crippen LogP contribution in [0.4, 0.5) is 0 Å². The Labute approximate surface area is 68.8 Å². The van der Waals surface area contributed by atoms with Gasteiger partial charge in [0.15, 0.2) is 0 Å². The fourth-order valence-electron chi connectivity index (χ4n) is 2.71. The van der Waals surface area contributed by atoms with Crippen LogP contribution in [0.25, 0.3) is 0 Å². The number of rotatable bonds is 0. The lowest BCUT2D eigenvalue weighted by Gasteiger charge is -2.52. The van der Waals surface area contributed by atoms with Crippen LogP contribution in [-0.4, -0.2) is 11.2 Å². The SMILES string of the molecule is C[C]1CC2CCC1(C)C(O)C2. The maximum Gasteiger partial charge on any atom is 0.0601 e. The summed E-state index contributed by atoms with van der Waals surface area (Å²) in [4.78, 5) is 0. The molecule has 3 aliphatic rings. The highest BCUT2D eigenvalue weighted by atomic mass is 16.3. The van der Waals surface area contributed by atoms with Gasteiger partial charge in [0.05, 0.1) is 6.10 Å². The molecule has 0 aromatic rings. The third kappa shape index (κ3) is 0.936. The first-order chi connectivity index (χ1) is 5.13. The molecule has 3 unspecified atom stereocenters. The Bertz CT molecular complexity index is 152. The van der Waals surface area contributed by atoms with Crippen LogP contribution in [0.15, 0.2) is 0 Å². The summed E-state index contributed by atoms with van der Waals surface area (Å²) in [7, 11) is 0. The summed E-state index contributed by atoms with van der Waals surface area (Å²) in [6.45, 7) is 4.44. The smallest absolute Gasteiger partial charge is 0.0601 e. The first-order valence-corrected chi connectivity index (χ1v) is 4.64. The van der Waals surface area contributed by atoms with E-state index in [9.17, 15) is 5.11 Å². The van der Waals surface area contributed by atoms with Gasteiger partial charge in [0, 0.05) is 0 Å². The molecule has 1 radical (unpaired) electrons. The summed E-state index contributed by atoms with van der Waals surface area (Å²) >= 11 is 0. The van der Waals surface area contributed by atoms with Gasteiger partial charge >= 0.3 is 0 Å². The molecular formula is C10H17O. The average Bonchev–Trinajstić information content (AvgIpc) is 1.94. The average molecular weight is 153 g/mol. The van der Waals surface area contributed by atoms with E-state index in [1.165, 1.54) is 25.2 Å². The molecule has 3 fully saturated rings. The second-order valence-corrected chi connectivity index (χ2v) is 4.56. The van der Waals surface area contributed by atoms with Crippen LogP contribution in [0.1, 0.15) is 39.5 Å². The Morgan fingerprint density at radius 1 is 1.55 bits per heavy atom. The van der Waals surface area contributed by atoms with Gasteiger partial charge < -0.3 is 5.11 Å².